The van der Waals surface area contributed by atoms with Crippen LogP contribution in [-0.4, -0.2) is 70.4 Å². The number of ketones is 1. The van der Waals surface area contributed by atoms with Gasteiger partial charge >= 0.3 is 0 Å². The summed E-state index contributed by atoms with van der Waals surface area (Å²) in [7, 11) is 1.56. The second-order valence-corrected chi connectivity index (χ2v) is 6.62. The molecule has 0 unspecified atom stereocenters. The van der Waals surface area contributed by atoms with Crippen LogP contribution in [0.25, 0.3) is 6.08 Å². The van der Waals surface area contributed by atoms with Crippen LogP contribution in [0.2, 0.25) is 0 Å². The van der Waals surface area contributed by atoms with E-state index >= 15 is 0 Å². The molecule has 7 nitrogen and oxygen atoms in total. The number of ether oxygens (including phenoxy) is 2. The van der Waals surface area contributed by atoms with Gasteiger partial charge in [0, 0.05) is 6.42 Å². The normalized spacial score (nSPS) is 29.8. The van der Waals surface area contributed by atoms with Gasteiger partial charge in [-0.2, -0.15) is 0 Å². The Bertz CT molecular complexity index is 631. The van der Waals surface area contributed by atoms with Crippen LogP contribution in [0.5, 0.6) is 5.75 Å². The Morgan fingerprint density at radius 3 is 2.52 bits per heavy atom. The molecule has 0 saturated carbocycles. The van der Waals surface area contributed by atoms with Gasteiger partial charge in [0.2, 0.25) is 0 Å². The van der Waals surface area contributed by atoms with E-state index < -0.39 is 37.1 Å². The molecule has 1 heterocycles. The van der Waals surface area contributed by atoms with Crippen LogP contribution in [0, 0.1) is 0 Å². The number of allylic oxidation sites excluding steroid dienone is 1. The van der Waals surface area contributed by atoms with Gasteiger partial charge in [-0.15, -0.1) is 0 Å². The molecule has 138 valence electrons. The average Bonchev–Trinajstić information content (AvgIpc) is 2.60. The molecular weight excluding hydrogens is 396 g/mol. The highest BCUT2D eigenvalue weighted by molar-refractivity contribution is 9.10. The van der Waals surface area contributed by atoms with Crippen molar-refractivity contribution in [3.63, 3.8) is 0 Å². The molecule has 4 N–H and O–H groups in total. The van der Waals surface area contributed by atoms with Crippen molar-refractivity contribution in [1.82, 2.24) is 0 Å². The molecule has 2 rings (SSSR count). The van der Waals surface area contributed by atoms with E-state index in [2.05, 4.69) is 15.9 Å². The van der Waals surface area contributed by atoms with E-state index in [9.17, 15) is 20.1 Å². The fraction of sp³-hybridized carbons (Fsp3) is 0.471. The summed E-state index contributed by atoms with van der Waals surface area (Å²) in [6.07, 6.45) is -3.58. The Kier molecular flexibility index (Phi) is 7.12. The zero-order valence-corrected chi connectivity index (χ0v) is 15.2. The fourth-order valence-corrected chi connectivity index (χ4v) is 3.15. The maximum atomic E-state index is 12.1. The molecule has 1 saturated heterocycles. The zero-order valence-electron chi connectivity index (χ0n) is 13.6. The molecule has 1 fully saturated rings. The predicted octanol–water partition coefficient (Wildman–Crippen LogP) is 0.272. The molecule has 0 aromatic heterocycles. The summed E-state index contributed by atoms with van der Waals surface area (Å²) in [4.78, 5) is 12.1. The largest absolute Gasteiger partial charge is 0.496 e. The molecule has 1 aromatic rings. The Morgan fingerprint density at radius 1 is 1.24 bits per heavy atom. The van der Waals surface area contributed by atoms with E-state index in [1.807, 2.05) is 0 Å². The molecule has 0 spiro atoms. The highest BCUT2D eigenvalue weighted by Crippen LogP contribution is 2.26. The van der Waals surface area contributed by atoms with E-state index in [0.29, 0.717) is 5.75 Å². The summed E-state index contributed by atoms with van der Waals surface area (Å²) in [5.41, 5.74) is 0.773. The Labute approximate surface area is 153 Å². The molecule has 8 heteroatoms. The van der Waals surface area contributed by atoms with Gasteiger partial charge in [0.05, 0.1) is 24.3 Å². The number of hydrogen-bond acceptors (Lipinski definition) is 7. The number of aliphatic hydroxyl groups excluding tert-OH is 4. The Morgan fingerprint density at radius 2 is 1.92 bits per heavy atom. The standard InChI is InChI=1S/C17H21BrO7/c1-24-12-5-3-9(6-11(12)18)2-4-10(20)7-13-15(21)17(23)16(22)14(8-19)25-13/h2-6,13-17,19,21-23H,7-8H2,1H3/b4-2+/t13-,14+,15-,16-,17+/m0/s1. The van der Waals surface area contributed by atoms with Gasteiger partial charge in [-0.25, -0.2) is 0 Å². The second kappa shape index (κ2) is 8.88. The van der Waals surface area contributed by atoms with Crippen molar-refractivity contribution in [3.05, 3.63) is 34.3 Å². The molecule has 0 bridgehead atoms. The summed E-state index contributed by atoms with van der Waals surface area (Å²) in [5, 5.41) is 38.5. The second-order valence-electron chi connectivity index (χ2n) is 5.77. The van der Waals surface area contributed by atoms with Crippen molar-refractivity contribution in [2.45, 2.75) is 36.9 Å². The lowest BCUT2D eigenvalue weighted by atomic mass is 9.92. The summed E-state index contributed by atoms with van der Waals surface area (Å²) in [5.74, 6) is 0.348. The first kappa shape index (κ1) is 20.0. The van der Waals surface area contributed by atoms with Crippen molar-refractivity contribution < 1.29 is 34.7 Å². The Hall–Kier alpha value is -1.29. The van der Waals surface area contributed by atoms with E-state index in [-0.39, 0.29) is 12.2 Å². The first-order chi connectivity index (χ1) is 11.9. The summed E-state index contributed by atoms with van der Waals surface area (Å²) in [6.45, 7) is -0.522. The number of rotatable bonds is 6. The lowest BCUT2D eigenvalue weighted by Crippen LogP contribution is -2.58. The summed E-state index contributed by atoms with van der Waals surface area (Å²) >= 11 is 3.36. The van der Waals surface area contributed by atoms with Crippen molar-refractivity contribution in [1.29, 1.82) is 0 Å². The number of methoxy groups -OCH3 is 1. The number of benzene rings is 1. The molecule has 5 atom stereocenters. The van der Waals surface area contributed by atoms with Crippen molar-refractivity contribution in [2.75, 3.05) is 13.7 Å². The van der Waals surface area contributed by atoms with Gasteiger partial charge in [0.15, 0.2) is 5.78 Å². The highest BCUT2D eigenvalue weighted by atomic mass is 79.9. The lowest BCUT2D eigenvalue weighted by molar-refractivity contribution is -0.229. The third-order valence-electron chi connectivity index (χ3n) is 4.03. The molecule has 1 aliphatic rings. The van der Waals surface area contributed by atoms with Crippen LogP contribution in [0.1, 0.15) is 12.0 Å². The minimum Gasteiger partial charge on any atom is -0.496 e. The number of hydrogen-bond donors (Lipinski definition) is 4. The quantitative estimate of drug-likeness (QED) is 0.491. The Balaban J connectivity index is 2.00. The van der Waals surface area contributed by atoms with E-state index in [0.717, 1.165) is 10.0 Å². The van der Waals surface area contributed by atoms with Crippen molar-refractivity contribution in [3.8, 4) is 5.75 Å². The van der Waals surface area contributed by atoms with E-state index in [1.54, 1.807) is 31.4 Å². The molecular formula is C17H21BrO7. The average molecular weight is 417 g/mol. The first-order valence-electron chi connectivity index (χ1n) is 7.72. The van der Waals surface area contributed by atoms with Crippen LogP contribution in [-0.2, 0) is 9.53 Å². The van der Waals surface area contributed by atoms with Crippen LogP contribution in [0.4, 0.5) is 0 Å². The van der Waals surface area contributed by atoms with Crippen LogP contribution in [0.3, 0.4) is 0 Å². The first-order valence-corrected chi connectivity index (χ1v) is 8.51. The van der Waals surface area contributed by atoms with Crippen LogP contribution in [0.15, 0.2) is 28.7 Å². The predicted molar refractivity (Wildman–Crippen MR) is 93.1 cm³/mol. The number of halogens is 1. The lowest BCUT2D eigenvalue weighted by Gasteiger charge is -2.39. The third kappa shape index (κ3) is 4.87. The van der Waals surface area contributed by atoms with Gasteiger partial charge in [0.1, 0.15) is 30.2 Å². The van der Waals surface area contributed by atoms with E-state index in [1.165, 1.54) is 6.08 Å². The molecule has 0 aliphatic carbocycles. The van der Waals surface area contributed by atoms with Gasteiger partial charge < -0.3 is 29.9 Å². The number of aliphatic hydroxyl groups is 4. The maximum absolute atomic E-state index is 12.1. The molecule has 1 aromatic carbocycles. The van der Waals surface area contributed by atoms with Gasteiger partial charge in [-0.05, 0) is 39.7 Å². The zero-order chi connectivity index (χ0) is 18.6. The molecule has 25 heavy (non-hydrogen) atoms. The third-order valence-corrected chi connectivity index (χ3v) is 4.65. The minimum absolute atomic E-state index is 0.185. The monoisotopic (exact) mass is 416 g/mol. The van der Waals surface area contributed by atoms with Gasteiger partial charge in [0.25, 0.3) is 0 Å². The maximum Gasteiger partial charge on any atom is 0.158 e. The molecule has 0 amide bonds. The molecule has 1 aliphatic heterocycles. The van der Waals surface area contributed by atoms with Crippen LogP contribution >= 0.6 is 15.9 Å². The smallest absolute Gasteiger partial charge is 0.158 e. The van der Waals surface area contributed by atoms with E-state index in [4.69, 9.17) is 14.6 Å². The molecule has 0 radical (unpaired) electrons. The number of carbonyl (C=O) groups excluding carboxylic acids is 1. The summed E-state index contributed by atoms with van der Waals surface area (Å²) in [6, 6.07) is 5.32. The fourth-order valence-electron chi connectivity index (χ4n) is 2.59. The van der Waals surface area contributed by atoms with Crippen LogP contribution < -0.4 is 4.74 Å². The summed E-state index contributed by atoms with van der Waals surface area (Å²) < 4.78 is 11.2. The van der Waals surface area contributed by atoms with Crippen molar-refractivity contribution >= 4 is 27.8 Å². The SMILES string of the molecule is COc1ccc(/C=C/C(=O)C[C@@H]2O[C@H](CO)[C@H](O)[C@H](O)[C@H]2O)cc1Br. The topological polar surface area (TPSA) is 116 Å². The highest BCUT2D eigenvalue weighted by Gasteiger charge is 2.43. The van der Waals surface area contributed by atoms with Gasteiger partial charge in [-0.1, -0.05) is 12.1 Å². The minimum atomic E-state index is -1.48. The number of carbonyl (C=O) groups is 1. The van der Waals surface area contributed by atoms with Gasteiger partial charge in [-0.3, -0.25) is 4.79 Å². The van der Waals surface area contributed by atoms with Crippen molar-refractivity contribution in [2.24, 2.45) is 0 Å².